The third-order valence-electron chi connectivity index (χ3n) is 5.28. The van der Waals surface area contributed by atoms with Crippen molar-refractivity contribution < 1.29 is 19.2 Å². The van der Waals surface area contributed by atoms with Crippen LogP contribution >= 0.6 is 0 Å². The number of carbonyl (C=O) groups is 1. The number of phenolic OH excluding ortho intramolecular Hbond substituents is 1. The predicted molar refractivity (Wildman–Crippen MR) is 110 cm³/mol. The molecule has 0 aliphatic carbocycles. The molecular formula is C21H32BNO4. The molecule has 1 aromatic rings. The summed E-state index contributed by atoms with van der Waals surface area (Å²) in [6.45, 7) is 16.0. The van der Waals surface area contributed by atoms with Crippen molar-refractivity contribution in [2.45, 2.75) is 72.0 Å². The fourth-order valence-corrected chi connectivity index (χ4v) is 2.88. The minimum absolute atomic E-state index is 0.112. The number of rotatable bonds is 4. The smallest absolute Gasteiger partial charge is 0.492 e. The van der Waals surface area contributed by atoms with Gasteiger partial charge in [0.1, 0.15) is 5.75 Å². The van der Waals surface area contributed by atoms with Crippen LogP contribution in [0.4, 0.5) is 0 Å². The van der Waals surface area contributed by atoms with E-state index in [1.807, 2.05) is 45.9 Å². The quantitative estimate of drug-likeness (QED) is 0.787. The monoisotopic (exact) mass is 373 g/mol. The Hall–Kier alpha value is -1.79. The lowest BCUT2D eigenvalue weighted by atomic mass is 9.76. The van der Waals surface area contributed by atoms with Crippen molar-refractivity contribution in [3.63, 3.8) is 0 Å². The molecule has 1 aromatic carbocycles. The van der Waals surface area contributed by atoms with Crippen LogP contribution in [-0.4, -0.2) is 35.9 Å². The summed E-state index contributed by atoms with van der Waals surface area (Å²) >= 11 is 0. The molecule has 0 spiro atoms. The summed E-state index contributed by atoms with van der Waals surface area (Å²) in [4.78, 5) is 11.4. The van der Waals surface area contributed by atoms with Crippen LogP contribution < -0.4 is 5.32 Å². The highest BCUT2D eigenvalue weighted by atomic mass is 16.7. The normalized spacial score (nSPS) is 19.3. The second kappa shape index (κ2) is 7.32. The van der Waals surface area contributed by atoms with Crippen molar-refractivity contribution in [3.8, 4) is 5.75 Å². The maximum Gasteiger partial charge on any atom is 0.492 e. The van der Waals surface area contributed by atoms with Crippen molar-refractivity contribution in [3.05, 3.63) is 34.8 Å². The van der Waals surface area contributed by atoms with Gasteiger partial charge in [0.15, 0.2) is 0 Å². The van der Waals surface area contributed by atoms with Gasteiger partial charge in [-0.2, -0.15) is 0 Å². The Morgan fingerprint density at radius 1 is 1.19 bits per heavy atom. The fraction of sp³-hybridized carbons (Fsp3) is 0.571. The lowest BCUT2D eigenvalue weighted by molar-refractivity contribution is -0.118. The zero-order chi connectivity index (χ0) is 20.6. The first-order valence-corrected chi connectivity index (χ1v) is 9.37. The van der Waals surface area contributed by atoms with E-state index in [-0.39, 0.29) is 17.1 Å². The number of hydrogen-bond acceptors (Lipinski definition) is 4. The van der Waals surface area contributed by atoms with Gasteiger partial charge in [-0.05, 0) is 61.8 Å². The maximum absolute atomic E-state index is 11.4. The van der Waals surface area contributed by atoms with Crippen LogP contribution in [0.5, 0.6) is 5.75 Å². The summed E-state index contributed by atoms with van der Waals surface area (Å²) in [5, 5.41) is 13.0. The number of benzene rings is 1. The molecule has 1 heterocycles. The van der Waals surface area contributed by atoms with Gasteiger partial charge in [0, 0.05) is 13.5 Å². The van der Waals surface area contributed by atoms with E-state index in [2.05, 4.69) is 26.1 Å². The Balaban J connectivity index is 2.42. The first-order valence-electron chi connectivity index (χ1n) is 9.37. The van der Waals surface area contributed by atoms with Crippen molar-refractivity contribution in [1.82, 2.24) is 5.32 Å². The minimum Gasteiger partial charge on any atom is -0.508 e. The minimum atomic E-state index is -0.547. The number of nitrogens with one attached hydrogen (secondary N) is 1. The topological polar surface area (TPSA) is 67.8 Å². The first-order chi connectivity index (χ1) is 12.2. The van der Waals surface area contributed by atoms with Gasteiger partial charge >= 0.3 is 7.12 Å². The Bertz CT molecular complexity index is 731. The van der Waals surface area contributed by atoms with E-state index in [4.69, 9.17) is 9.31 Å². The van der Waals surface area contributed by atoms with Crippen LogP contribution in [0.3, 0.4) is 0 Å². The van der Waals surface area contributed by atoms with Crippen LogP contribution in [0.15, 0.2) is 23.7 Å². The van der Waals surface area contributed by atoms with E-state index < -0.39 is 18.3 Å². The Kier molecular flexibility index (Phi) is 5.84. The van der Waals surface area contributed by atoms with Crippen LogP contribution in [0.2, 0.25) is 0 Å². The highest BCUT2D eigenvalue weighted by Gasteiger charge is 2.52. The SMILES string of the molecule is CC(=O)NCC(=Cc1ccc(O)c(C(C)(C)C)c1)B1OC(C)(C)C(C)(C)O1. The molecule has 1 fully saturated rings. The fourth-order valence-electron chi connectivity index (χ4n) is 2.88. The molecule has 0 atom stereocenters. The van der Waals surface area contributed by atoms with Crippen LogP contribution in [0.1, 0.15) is 66.5 Å². The molecule has 2 N–H and O–H groups in total. The molecule has 5 nitrogen and oxygen atoms in total. The molecule has 2 rings (SSSR count). The van der Waals surface area contributed by atoms with Gasteiger partial charge < -0.3 is 19.7 Å². The van der Waals surface area contributed by atoms with E-state index in [0.717, 1.165) is 16.6 Å². The lowest BCUT2D eigenvalue weighted by Crippen LogP contribution is -2.41. The van der Waals surface area contributed by atoms with Crippen LogP contribution in [0.25, 0.3) is 6.08 Å². The van der Waals surface area contributed by atoms with Crippen molar-refractivity contribution in [2.75, 3.05) is 6.54 Å². The highest BCUT2D eigenvalue weighted by Crippen LogP contribution is 2.39. The Labute approximate surface area is 163 Å². The third-order valence-corrected chi connectivity index (χ3v) is 5.28. The number of phenols is 1. The molecule has 0 bridgehead atoms. The summed E-state index contributed by atoms with van der Waals surface area (Å²) in [6, 6.07) is 5.52. The second-order valence-electron chi connectivity index (χ2n) is 9.24. The van der Waals surface area contributed by atoms with Gasteiger partial charge in [0.05, 0.1) is 11.2 Å². The van der Waals surface area contributed by atoms with E-state index in [0.29, 0.717) is 6.54 Å². The zero-order valence-corrected chi connectivity index (χ0v) is 17.8. The Morgan fingerprint density at radius 3 is 2.22 bits per heavy atom. The molecule has 1 aliphatic rings. The molecule has 148 valence electrons. The number of hydrogen-bond donors (Lipinski definition) is 2. The molecule has 27 heavy (non-hydrogen) atoms. The Morgan fingerprint density at radius 2 is 1.74 bits per heavy atom. The molecular weight excluding hydrogens is 341 g/mol. The average molecular weight is 373 g/mol. The van der Waals surface area contributed by atoms with E-state index in [1.165, 1.54) is 6.92 Å². The third kappa shape index (κ3) is 4.93. The summed E-state index contributed by atoms with van der Waals surface area (Å²) in [5.41, 5.74) is 1.51. The molecule has 0 radical (unpaired) electrons. The highest BCUT2D eigenvalue weighted by molar-refractivity contribution is 6.56. The largest absolute Gasteiger partial charge is 0.508 e. The molecule has 0 saturated carbocycles. The van der Waals surface area contributed by atoms with Gasteiger partial charge in [0.2, 0.25) is 5.91 Å². The summed E-state index contributed by atoms with van der Waals surface area (Å²) < 4.78 is 12.3. The molecule has 6 heteroatoms. The van der Waals surface area contributed by atoms with Gasteiger partial charge in [-0.3, -0.25) is 4.79 Å². The molecule has 1 amide bonds. The van der Waals surface area contributed by atoms with E-state index in [1.54, 1.807) is 6.07 Å². The molecule has 1 aliphatic heterocycles. The van der Waals surface area contributed by atoms with E-state index >= 15 is 0 Å². The number of carbonyl (C=O) groups excluding carboxylic acids is 1. The molecule has 1 saturated heterocycles. The van der Waals surface area contributed by atoms with Crippen LogP contribution in [-0.2, 0) is 19.5 Å². The zero-order valence-electron chi connectivity index (χ0n) is 17.8. The number of aromatic hydroxyl groups is 1. The maximum atomic E-state index is 11.4. The molecule has 0 unspecified atom stereocenters. The standard InChI is InChI=1S/C21H32BNO4/c1-14(24)23-13-16(22-26-20(5,6)21(7,8)27-22)11-15-9-10-18(25)17(12-15)19(2,3)4/h9-12,25H,13H2,1-8H3,(H,23,24). The predicted octanol–water partition coefficient (Wildman–Crippen LogP) is 3.84. The summed E-state index contributed by atoms with van der Waals surface area (Å²) in [6.07, 6.45) is 1.97. The number of amides is 1. The second-order valence-corrected chi connectivity index (χ2v) is 9.24. The van der Waals surface area contributed by atoms with Gasteiger partial charge in [-0.25, -0.2) is 0 Å². The first kappa shape index (κ1) is 21.5. The van der Waals surface area contributed by atoms with Crippen molar-refractivity contribution >= 4 is 19.1 Å². The summed E-state index contributed by atoms with van der Waals surface area (Å²) in [5.74, 6) is 0.164. The van der Waals surface area contributed by atoms with Crippen molar-refractivity contribution in [1.29, 1.82) is 0 Å². The van der Waals surface area contributed by atoms with Gasteiger partial charge in [0.25, 0.3) is 0 Å². The molecule has 0 aromatic heterocycles. The van der Waals surface area contributed by atoms with Gasteiger partial charge in [-0.1, -0.05) is 32.9 Å². The van der Waals surface area contributed by atoms with Gasteiger partial charge in [-0.15, -0.1) is 0 Å². The van der Waals surface area contributed by atoms with Crippen LogP contribution in [0, 0.1) is 0 Å². The van der Waals surface area contributed by atoms with Crippen molar-refractivity contribution in [2.24, 2.45) is 0 Å². The van der Waals surface area contributed by atoms with E-state index in [9.17, 15) is 9.90 Å². The average Bonchev–Trinajstić information content (AvgIpc) is 2.72. The summed E-state index contributed by atoms with van der Waals surface area (Å²) in [7, 11) is -0.547. The lowest BCUT2D eigenvalue weighted by Gasteiger charge is -2.32.